The number of oxime groups is 1. The molecule has 0 aromatic rings. The van der Waals surface area contributed by atoms with Gasteiger partial charge in [-0.25, -0.2) is 0 Å². The Morgan fingerprint density at radius 3 is 2.47 bits per heavy atom. The molecule has 1 heterocycles. The summed E-state index contributed by atoms with van der Waals surface area (Å²) in [5, 5.41) is 11.1. The zero-order valence-electron chi connectivity index (χ0n) is 9.43. The van der Waals surface area contributed by atoms with Crippen molar-refractivity contribution >= 4 is 6.21 Å². The van der Waals surface area contributed by atoms with E-state index in [0.717, 1.165) is 26.2 Å². The third-order valence-corrected chi connectivity index (χ3v) is 2.60. The van der Waals surface area contributed by atoms with Gasteiger partial charge in [0.1, 0.15) is 0 Å². The van der Waals surface area contributed by atoms with E-state index in [1.807, 2.05) is 12.2 Å². The predicted molar refractivity (Wildman–Crippen MR) is 62.2 cm³/mol. The largest absolute Gasteiger partial charge is 0.411 e. The molecule has 0 saturated carbocycles. The molecule has 4 heteroatoms. The summed E-state index contributed by atoms with van der Waals surface area (Å²) in [6, 6.07) is 0. The van der Waals surface area contributed by atoms with Crippen LogP contribution in [0.4, 0.5) is 0 Å². The highest BCUT2D eigenvalue weighted by molar-refractivity contribution is 5.70. The topological polar surface area (TPSA) is 39.1 Å². The van der Waals surface area contributed by atoms with Crippen LogP contribution >= 0.6 is 0 Å². The third-order valence-electron chi connectivity index (χ3n) is 2.60. The zero-order chi connectivity index (χ0) is 11.1. The van der Waals surface area contributed by atoms with E-state index in [1.54, 1.807) is 6.08 Å². The number of likely N-dealkylation sites (N-methyl/N-ethyl adjacent to an activating group) is 1. The Hall–Kier alpha value is -1.29. The van der Waals surface area contributed by atoms with Gasteiger partial charge in [0.2, 0.25) is 0 Å². The molecular weight excluding hydrogens is 190 g/mol. The van der Waals surface area contributed by atoms with Gasteiger partial charge >= 0.3 is 0 Å². The Morgan fingerprint density at radius 1 is 1.20 bits per heavy atom. The van der Waals surface area contributed by atoms with Crippen LogP contribution in [0.15, 0.2) is 29.1 Å². The van der Waals surface area contributed by atoms with Crippen molar-refractivity contribution in [2.75, 3.05) is 33.2 Å². The SMILES string of the molecule is C\C(=C/C=C\C=N\O)N1CCN(C)CC1. The molecule has 0 amide bonds. The summed E-state index contributed by atoms with van der Waals surface area (Å²) < 4.78 is 0. The molecule has 0 spiro atoms. The Labute approximate surface area is 91.2 Å². The van der Waals surface area contributed by atoms with Crippen molar-refractivity contribution in [2.24, 2.45) is 5.16 Å². The van der Waals surface area contributed by atoms with Gasteiger partial charge in [-0.1, -0.05) is 11.2 Å². The Bertz CT molecular complexity index is 263. The number of piperazine rings is 1. The van der Waals surface area contributed by atoms with Crippen molar-refractivity contribution in [3.8, 4) is 0 Å². The molecule has 84 valence electrons. The van der Waals surface area contributed by atoms with Crippen molar-refractivity contribution in [1.82, 2.24) is 9.80 Å². The summed E-state index contributed by atoms with van der Waals surface area (Å²) in [6.07, 6.45) is 6.98. The summed E-state index contributed by atoms with van der Waals surface area (Å²) in [7, 11) is 2.15. The summed E-state index contributed by atoms with van der Waals surface area (Å²) in [4.78, 5) is 4.69. The van der Waals surface area contributed by atoms with Gasteiger partial charge in [0.15, 0.2) is 0 Å². The molecule has 0 aromatic heterocycles. The van der Waals surface area contributed by atoms with Crippen LogP contribution in [0.2, 0.25) is 0 Å². The Kier molecular flexibility index (Phi) is 4.90. The predicted octanol–water partition coefficient (Wildman–Crippen LogP) is 1.15. The van der Waals surface area contributed by atoms with Crippen LogP contribution in [-0.4, -0.2) is 54.4 Å². The van der Waals surface area contributed by atoms with Crippen LogP contribution in [-0.2, 0) is 0 Å². The van der Waals surface area contributed by atoms with Crippen LogP contribution in [0.5, 0.6) is 0 Å². The molecular formula is C11H19N3O. The van der Waals surface area contributed by atoms with Crippen molar-refractivity contribution in [1.29, 1.82) is 0 Å². The highest BCUT2D eigenvalue weighted by atomic mass is 16.4. The normalized spacial score (nSPS) is 20.7. The van der Waals surface area contributed by atoms with Gasteiger partial charge in [-0.05, 0) is 26.1 Å². The lowest BCUT2D eigenvalue weighted by Crippen LogP contribution is -2.43. The molecule has 0 bridgehead atoms. The molecule has 1 N–H and O–H groups in total. The van der Waals surface area contributed by atoms with E-state index in [9.17, 15) is 0 Å². The quantitative estimate of drug-likeness (QED) is 0.328. The van der Waals surface area contributed by atoms with Gasteiger partial charge in [-0.2, -0.15) is 0 Å². The first kappa shape index (κ1) is 11.8. The minimum Gasteiger partial charge on any atom is -0.411 e. The van der Waals surface area contributed by atoms with Crippen molar-refractivity contribution < 1.29 is 5.21 Å². The Morgan fingerprint density at radius 2 is 1.87 bits per heavy atom. The number of hydrogen-bond acceptors (Lipinski definition) is 4. The number of hydrogen-bond donors (Lipinski definition) is 1. The maximum absolute atomic E-state index is 8.19. The van der Waals surface area contributed by atoms with Gasteiger partial charge < -0.3 is 15.0 Å². The van der Waals surface area contributed by atoms with Gasteiger partial charge in [-0.15, -0.1) is 0 Å². The third kappa shape index (κ3) is 4.16. The average Bonchev–Trinajstić information content (AvgIpc) is 2.25. The lowest BCUT2D eigenvalue weighted by molar-refractivity contribution is 0.186. The molecule has 0 radical (unpaired) electrons. The minimum absolute atomic E-state index is 1.08. The van der Waals surface area contributed by atoms with Crippen molar-refractivity contribution in [3.63, 3.8) is 0 Å². The fourth-order valence-corrected chi connectivity index (χ4v) is 1.55. The second-order valence-electron chi connectivity index (χ2n) is 3.75. The van der Waals surface area contributed by atoms with E-state index in [2.05, 4.69) is 28.9 Å². The van der Waals surface area contributed by atoms with Crippen LogP contribution < -0.4 is 0 Å². The maximum atomic E-state index is 8.19. The monoisotopic (exact) mass is 209 g/mol. The highest BCUT2D eigenvalue weighted by Crippen LogP contribution is 2.07. The van der Waals surface area contributed by atoms with E-state index in [0.29, 0.717) is 0 Å². The summed E-state index contributed by atoms with van der Waals surface area (Å²) in [6.45, 7) is 6.51. The molecule has 0 atom stereocenters. The fourth-order valence-electron chi connectivity index (χ4n) is 1.55. The smallest absolute Gasteiger partial charge is 0.0661 e. The Balaban J connectivity index is 2.42. The summed E-state index contributed by atoms with van der Waals surface area (Å²) in [5.41, 5.74) is 1.26. The molecule has 1 aliphatic heterocycles. The molecule has 0 aromatic carbocycles. The molecule has 1 fully saturated rings. The van der Waals surface area contributed by atoms with Gasteiger partial charge in [0.05, 0.1) is 6.21 Å². The standard InChI is InChI=1S/C11H19N3O/c1-11(5-3-4-6-12-15)14-9-7-13(2)8-10-14/h3-6,15H,7-10H2,1-2H3/b4-3-,11-5+,12-6+. The molecule has 0 unspecified atom stereocenters. The van der Waals surface area contributed by atoms with E-state index in [4.69, 9.17) is 5.21 Å². The van der Waals surface area contributed by atoms with Crippen LogP contribution in [0.3, 0.4) is 0 Å². The van der Waals surface area contributed by atoms with Crippen LogP contribution in [0.25, 0.3) is 0 Å². The fraction of sp³-hybridized carbons (Fsp3) is 0.545. The average molecular weight is 209 g/mol. The molecule has 1 saturated heterocycles. The van der Waals surface area contributed by atoms with E-state index in [1.165, 1.54) is 11.9 Å². The molecule has 15 heavy (non-hydrogen) atoms. The first-order valence-corrected chi connectivity index (χ1v) is 5.18. The van der Waals surface area contributed by atoms with Crippen molar-refractivity contribution in [2.45, 2.75) is 6.92 Å². The molecule has 4 nitrogen and oxygen atoms in total. The van der Waals surface area contributed by atoms with Crippen LogP contribution in [0.1, 0.15) is 6.92 Å². The second kappa shape index (κ2) is 6.24. The summed E-state index contributed by atoms with van der Waals surface area (Å²) >= 11 is 0. The molecule has 1 rings (SSSR count). The zero-order valence-corrected chi connectivity index (χ0v) is 9.43. The van der Waals surface area contributed by atoms with E-state index in [-0.39, 0.29) is 0 Å². The lowest BCUT2D eigenvalue weighted by atomic mass is 10.3. The first-order chi connectivity index (χ1) is 7.24. The molecule has 1 aliphatic rings. The number of nitrogens with zero attached hydrogens (tertiary/aromatic N) is 3. The first-order valence-electron chi connectivity index (χ1n) is 5.18. The van der Waals surface area contributed by atoms with Crippen LogP contribution in [0, 0.1) is 0 Å². The lowest BCUT2D eigenvalue weighted by Gasteiger charge is -2.34. The maximum Gasteiger partial charge on any atom is 0.0661 e. The minimum atomic E-state index is 1.08. The molecule has 0 aliphatic carbocycles. The van der Waals surface area contributed by atoms with Gasteiger partial charge in [0.25, 0.3) is 0 Å². The highest BCUT2D eigenvalue weighted by Gasteiger charge is 2.12. The van der Waals surface area contributed by atoms with Gasteiger partial charge in [0, 0.05) is 31.9 Å². The van der Waals surface area contributed by atoms with E-state index >= 15 is 0 Å². The van der Waals surface area contributed by atoms with Crippen molar-refractivity contribution in [3.05, 3.63) is 23.9 Å². The summed E-state index contributed by atoms with van der Waals surface area (Å²) in [5.74, 6) is 0. The van der Waals surface area contributed by atoms with E-state index < -0.39 is 0 Å². The number of allylic oxidation sites excluding steroid dienone is 4. The second-order valence-corrected chi connectivity index (χ2v) is 3.75. The van der Waals surface area contributed by atoms with Gasteiger partial charge in [-0.3, -0.25) is 0 Å². The number of rotatable bonds is 3.